The topological polar surface area (TPSA) is 69.1 Å². The van der Waals surface area contributed by atoms with Gasteiger partial charge in [0.25, 0.3) is 0 Å². The molecule has 0 amide bonds. The summed E-state index contributed by atoms with van der Waals surface area (Å²) in [7, 11) is 0. The van der Waals surface area contributed by atoms with Gasteiger partial charge in [-0.25, -0.2) is 14.4 Å². The van der Waals surface area contributed by atoms with Gasteiger partial charge < -0.3 is 5.73 Å². The molecule has 2 aromatic rings. The molecule has 2 N–H and O–H groups in total. The lowest BCUT2D eigenvalue weighted by Gasteiger charge is -1.94. The van der Waals surface area contributed by atoms with Crippen molar-refractivity contribution >= 4 is 11.6 Å². The predicted octanol–water partition coefficient (Wildman–Crippen LogP) is -0.154. The minimum Gasteiger partial charge on any atom is -0.368 e. The third-order valence-corrected chi connectivity index (χ3v) is 1.29. The molecule has 0 saturated carbocycles. The Bertz CT molecular complexity index is 359. The number of nitrogens with two attached hydrogens (primary N) is 1. The molecule has 5 nitrogen and oxygen atoms in total. The lowest BCUT2D eigenvalue weighted by Crippen LogP contribution is -2.02. The number of nitrogens with zero attached hydrogens (tertiary/aromatic N) is 4. The molecule has 56 valence electrons. The molecule has 0 aliphatic heterocycles. The van der Waals surface area contributed by atoms with E-state index in [1.54, 1.807) is 0 Å². The van der Waals surface area contributed by atoms with Crippen LogP contribution >= 0.6 is 0 Å². The second-order valence-corrected chi connectivity index (χ2v) is 1.96. The summed E-state index contributed by atoms with van der Waals surface area (Å²) in [5, 5.41) is 3.66. The lowest BCUT2D eigenvalue weighted by atomic mass is 10.6. The maximum absolute atomic E-state index is 12.8. The van der Waals surface area contributed by atoms with Crippen molar-refractivity contribution in [2.24, 2.45) is 0 Å². The summed E-state index contributed by atoms with van der Waals surface area (Å²) in [6, 6.07) is 0. The van der Waals surface area contributed by atoms with E-state index in [1.165, 1.54) is 6.33 Å². The van der Waals surface area contributed by atoms with E-state index in [-0.39, 0.29) is 11.6 Å². The normalized spacial score (nSPS) is 10.6. The Balaban J connectivity index is 2.96. The maximum Gasteiger partial charge on any atom is 0.223 e. The fourth-order valence-electron chi connectivity index (χ4n) is 0.807. The zero-order valence-corrected chi connectivity index (χ0v) is 5.40. The van der Waals surface area contributed by atoms with Crippen LogP contribution in [-0.4, -0.2) is 19.6 Å². The third-order valence-electron chi connectivity index (χ3n) is 1.29. The van der Waals surface area contributed by atoms with E-state index in [2.05, 4.69) is 15.1 Å². The first kappa shape index (κ1) is 6.02. The molecule has 0 aliphatic rings. The van der Waals surface area contributed by atoms with Crippen LogP contribution in [0.3, 0.4) is 0 Å². The smallest absolute Gasteiger partial charge is 0.223 e. The standard InChI is InChI=1S/C5H4FN5/c6-3-1-8-5(7)11-4(3)9-2-10-11/h1-2H,(H2,7,8). The van der Waals surface area contributed by atoms with Crippen LogP contribution in [0.5, 0.6) is 0 Å². The van der Waals surface area contributed by atoms with Crippen molar-refractivity contribution in [1.82, 2.24) is 19.6 Å². The van der Waals surface area contributed by atoms with Crippen LogP contribution in [0.4, 0.5) is 10.3 Å². The van der Waals surface area contributed by atoms with Gasteiger partial charge in [0.05, 0.1) is 6.20 Å². The van der Waals surface area contributed by atoms with E-state index in [0.29, 0.717) is 0 Å². The van der Waals surface area contributed by atoms with Crippen molar-refractivity contribution in [2.75, 3.05) is 5.73 Å². The van der Waals surface area contributed by atoms with Gasteiger partial charge in [-0.15, -0.1) is 0 Å². The zero-order chi connectivity index (χ0) is 7.84. The fourth-order valence-corrected chi connectivity index (χ4v) is 0.807. The summed E-state index contributed by atoms with van der Waals surface area (Å²) in [4.78, 5) is 7.18. The molecule has 2 aromatic heterocycles. The van der Waals surface area contributed by atoms with Crippen molar-refractivity contribution < 1.29 is 4.39 Å². The molecule has 0 aromatic carbocycles. The minimum absolute atomic E-state index is 0.0949. The van der Waals surface area contributed by atoms with Crippen molar-refractivity contribution in [2.45, 2.75) is 0 Å². The van der Waals surface area contributed by atoms with Gasteiger partial charge in [-0.3, -0.25) is 0 Å². The second kappa shape index (κ2) is 1.88. The van der Waals surface area contributed by atoms with E-state index in [1.807, 2.05) is 0 Å². The summed E-state index contributed by atoms with van der Waals surface area (Å²) in [5.74, 6) is -0.407. The summed E-state index contributed by atoms with van der Waals surface area (Å²) >= 11 is 0. The number of rotatable bonds is 0. The van der Waals surface area contributed by atoms with E-state index >= 15 is 0 Å². The number of halogens is 1. The quantitative estimate of drug-likeness (QED) is 0.571. The molecule has 2 rings (SSSR count). The van der Waals surface area contributed by atoms with Gasteiger partial charge in [0, 0.05) is 0 Å². The number of nitrogen functional groups attached to an aromatic ring is 1. The van der Waals surface area contributed by atoms with Crippen LogP contribution in [-0.2, 0) is 0 Å². The van der Waals surface area contributed by atoms with Crippen LogP contribution in [0.15, 0.2) is 12.5 Å². The molecule has 0 aliphatic carbocycles. The van der Waals surface area contributed by atoms with E-state index < -0.39 is 5.82 Å². The molecular weight excluding hydrogens is 149 g/mol. The molecule has 0 bridgehead atoms. The predicted molar refractivity (Wildman–Crippen MR) is 35.2 cm³/mol. The maximum atomic E-state index is 12.8. The summed E-state index contributed by atoms with van der Waals surface area (Å²) in [5.41, 5.74) is 5.45. The Morgan fingerprint density at radius 3 is 3.00 bits per heavy atom. The summed E-state index contributed by atoms with van der Waals surface area (Å²) < 4.78 is 13.9. The van der Waals surface area contributed by atoms with Crippen molar-refractivity contribution in [3.63, 3.8) is 0 Å². The molecule has 6 heteroatoms. The highest BCUT2D eigenvalue weighted by Gasteiger charge is 2.04. The Morgan fingerprint density at radius 2 is 2.27 bits per heavy atom. The van der Waals surface area contributed by atoms with Crippen LogP contribution in [0, 0.1) is 5.82 Å². The van der Waals surface area contributed by atoms with Gasteiger partial charge in [0.2, 0.25) is 5.95 Å². The number of aromatic nitrogens is 4. The molecule has 0 saturated heterocycles. The molecule has 0 radical (unpaired) electrons. The van der Waals surface area contributed by atoms with E-state index in [0.717, 1.165) is 10.7 Å². The molecular formula is C5H4FN5. The first-order valence-corrected chi connectivity index (χ1v) is 2.89. The van der Waals surface area contributed by atoms with Crippen LogP contribution in [0.1, 0.15) is 0 Å². The molecule has 11 heavy (non-hydrogen) atoms. The van der Waals surface area contributed by atoms with Crippen LogP contribution in [0.2, 0.25) is 0 Å². The summed E-state index contributed by atoms with van der Waals surface area (Å²) in [6.07, 6.45) is 2.23. The van der Waals surface area contributed by atoms with E-state index in [4.69, 9.17) is 5.73 Å². The van der Waals surface area contributed by atoms with Gasteiger partial charge in [0.15, 0.2) is 11.5 Å². The van der Waals surface area contributed by atoms with Gasteiger partial charge in [-0.05, 0) is 0 Å². The first-order valence-electron chi connectivity index (χ1n) is 2.89. The fraction of sp³-hybridized carbons (Fsp3) is 0. The summed E-state index contributed by atoms with van der Waals surface area (Å²) in [6.45, 7) is 0. The highest BCUT2D eigenvalue weighted by Crippen LogP contribution is 2.05. The van der Waals surface area contributed by atoms with Gasteiger partial charge in [-0.2, -0.15) is 9.61 Å². The van der Waals surface area contributed by atoms with Crippen molar-refractivity contribution in [3.05, 3.63) is 18.3 Å². The van der Waals surface area contributed by atoms with Gasteiger partial charge >= 0.3 is 0 Å². The monoisotopic (exact) mass is 153 g/mol. The molecule has 2 heterocycles. The third kappa shape index (κ3) is 0.721. The lowest BCUT2D eigenvalue weighted by molar-refractivity contribution is 0.620. The molecule has 0 unspecified atom stereocenters. The number of hydrogen-bond donors (Lipinski definition) is 1. The Morgan fingerprint density at radius 1 is 1.45 bits per heavy atom. The SMILES string of the molecule is Nc1ncc(F)c2ncnn12. The highest BCUT2D eigenvalue weighted by molar-refractivity contribution is 5.41. The molecule has 0 atom stereocenters. The Hall–Kier alpha value is -1.72. The molecule has 0 spiro atoms. The Labute approximate surface area is 60.7 Å². The van der Waals surface area contributed by atoms with E-state index in [9.17, 15) is 4.39 Å². The second-order valence-electron chi connectivity index (χ2n) is 1.96. The largest absolute Gasteiger partial charge is 0.368 e. The van der Waals surface area contributed by atoms with Crippen LogP contribution in [0.25, 0.3) is 5.65 Å². The average Bonchev–Trinajstić information content (AvgIpc) is 2.45. The molecule has 0 fully saturated rings. The first-order chi connectivity index (χ1) is 5.29. The highest BCUT2D eigenvalue weighted by atomic mass is 19.1. The minimum atomic E-state index is -0.531. The zero-order valence-electron chi connectivity index (χ0n) is 5.40. The van der Waals surface area contributed by atoms with Crippen molar-refractivity contribution in [1.29, 1.82) is 0 Å². The van der Waals surface area contributed by atoms with Crippen molar-refractivity contribution in [3.8, 4) is 0 Å². The number of hydrogen-bond acceptors (Lipinski definition) is 4. The number of fused-ring (bicyclic) bond motifs is 1. The Kier molecular flexibility index (Phi) is 1.03. The average molecular weight is 153 g/mol. The van der Waals surface area contributed by atoms with Gasteiger partial charge in [0.1, 0.15) is 6.33 Å². The number of anilines is 1. The van der Waals surface area contributed by atoms with Crippen LogP contribution < -0.4 is 5.73 Å². The van der Waals surface area contributed by atoms with Gasteiger partial charge in [-0.1, -0.05) is 0 Å².